The zero-order chi connectivity index (χ0) is 37.6. The van der Waals surface area contributed by atoms with E-state index in [4.69, 9.17) is 9.97 Å². The van der Waals surface area contributed by atoms with Crippen LogP contribution >= 0.6 is 0 Å². The molecule has 264 valence electrons. The number of nitrogens with zero attached hydrogens (tertiary/aromatic N) is 2. The first kappa shape index (κ1) is 30.5. The third kappa shape index (κ3) is 3.86. The second-order valence-corrected chi connectivity index (χ2v) is 16.0. The molecule has 0 bridgehead atoms. The fraction of sp³-hybridized carbons (Fsp3) is 0. The molecule has 2 aliphatic carbocycles. The van der Waals surface area contributed by atoms with Gasteiger partial charge in [-0.1, -0.05) is 140 Å². The fourth-order valence-corrected chi connectivity index (χ4v) is 10.8. The molecule has 0 N–H and O–H groups in total. The first-order valence-electron chi connectivity index (χ1n) is 20.0. The molecule has 0 amide bonds. The maximum Gasteiger partial charge on any atom is 0.0702 e. The Bertz CT molecular complexity index is 3840. The van der Waals surface area contributed by atoms with Crippen LogP contribution in [0.5, 0.6) is 0 Å². The Labute approximate surface area is 333 Å². The van der Waals surface area contributed by atoms with E-state index in [9.17, 15) is 0 Å². The third-order valence-electron chi connectivity index (χ3n) is 13.2. The van der Waals surface area contributed by atoms with E-state index < -0.39 is 0 Å². The van der Waals surface area contributed by atoms with Crippen molar-refractivity contribution in [2.45, 2.75) is 0 Å². The van der Waals surface area contributed by atoms with Gasteiger partial charge in [0.1, 0.15) is 0 Å². The number of aromatic nitrogens is 2. The average molecular weight is 731 g/mol. The van der Waals surface area contributed by atoms with Gasteiger partial charge in [0.25, 0.3) is 0 Å². The topological polar surface area (TPSA) is 25.8 Å². The molecule has 2 nitrogen and oxygen atoms in total. The summed E-state index contributed by atoms with van der Waals surface area (Å²) in [6, 6.07) is 61.0. The van der Waals surface area contributed by atoms with Crippen molar-refractivity contribution in [2.75, 3.05) is 0 Å². The molecule has 2 aromatic heterocycles. The summed E-state index contributed by atoms with van der Waals surface area (Å²) in [4.78, 5) is 9.85. The molecule has 0 atom stereocenters. The number of fused-ring (bicyclic) bond motifs is 13. The predicted molar refractivity (Wildman–Crippen MR) is 244 cm³/mol. The summed E-state index contributed by atoms with van der Waals surface area (Å²) < 4.78 is 0. The molecule has 0 unspecified atom stereocenters. The van der Waals surface area contributed by atoms with Gasteiger partial charge in [0.2, 0.25) is 0 Å². The lowest BCUT2D eigenvalue weighted by Crippen LogP contribution is -1.93. The minimum absolute atomic E-state index is 1.01. The van der Waals surface area contributed by atoms with Crippen LogP contribution in [0, 0.1) is 0 Å². The molecule has 0 aliphatic heterocycles. The van der Waals surface area contributed by atoms with Gasteiger partial charge >= 0.3 is 0 Å². The van der Waals surface area contributed by atoms with Crippen molar-refractivity contribution in [3.63, 3.8) is 0 Å². The molecule has 12 aromatic rings. The van der Waals surface area contributed by atoms with Crippen LogP contribution in [0.25, 0.3) is 142 Å². The summed E-state index contributed by atoms with van der Waals surface area (Å²) in [5, 5.41) is 16.2. The molecule has 14 rings (SSSR count). The van der Waals surface area contributed by atoms with Crippen molar-refractivity contribution in [3.05, 3.63) is 182 Å². The summed E-state index contributed by atoms with van der Waals surface area (Å²) in [5.74, 6) is 0. The maximum atomic E-state index is 5.01. The van der Waals surface area contributed by atoms with E-state index in [1.807, 2.05) is 6.20 Å². The van der Waals surface area contributed by atoms with Crippen LogP contribution in [0.4, 0.5) is 0 Å². The van der Waals surface area contributed by atoms with Crippen LogP contribution in [0.3, 0.4) is 0 Å². The lowest BCUT2D eigenvalue weighted by atomic mass is 9.83. The molecule has 0 saturated carbocycles. The number of hydrogen-bond acceptors (Lipinski definition) is 2. The van der Waals surface area contributed by atoms with Gasteiger partial charge in [0.15, 0.2) is 0 Å². The van der Waals surface area contributed by atoms with Crippen molar-refractivity contribution in [1.29, 1.82) is 0 Å². The molecule has 2 heteroatoms. The van der Waals surface area contributed by atoms with Gasteiger partial charge < -0.3 is 0 Å². The van der Waals surface area contributed by atoms with Gasteiger partial charge in [-0.05, 0) is 134 Å². The highest BCUT2D eigenvalue weighted by Crippen LogP contribution is 2.57. The predicted octanol–water partition coefficient (Wildman–Crippen LogP) is 15.2. The van der Waals surface area contributed by atoms with Crippen LogP contribution in [0.1, 0.15) is 0 Å². The molecular weight excluding hydrogens is 701 g/mol. The molecule has 2 aliphatic rings. The summed E-state index contributed by atoms with van der Waals surface area (Å²) in [5.41, 5.74) is 16.2. The van der Waals surface area contributed by atoms with Gasteiger partial charge in [0.05, 0.1) is 5.52 Å². The molecule has 0 saturated heterocycles. The number of rotatable bonds is 2. The SMILES string of the molecule is c1ccc2ncc(-c3c4c(cc5c3ccc3c6cc7c(c(-c8cncc9ccccc89)c6ccc53)-c3cccc5cccc-7c35)-c3cccc5cccc-4c35)cc2c1. The molecular formula is C56H30N2. The van der Waals surface area contributed by atoms with E-state index in [0.717, 1.165) is 21.9 Å². The van der Waals surface area contributed by atoms with E-state index in [1.165, 1.54) is 120 Å². The Kier molecular flexibility index (Phi) is 5.79. The lowest BCUT2D eigenvalue weighted by Gasteiger charge is -2.20. The molecule has 0 fully saturated rings. The second-order valence-electron chi connectivity index (χ2n) is 16.0. The Morgan fingerprint density at radius 2 is 0.810 bits per heavy atom. The number of para-hydroxylation sites is 1. The molecule has 10 aromatic carbocycles. The van der Waals surface area contributed by atoms with Crippen molar-refractivity contribution < 1.29 is 0 Å². The van der Waals surface area contributed by atoms with Crippen molar-refractivity contribution >= 4 is 75.5 Å². The number of pyridine rings is 2. The van der Waals surface area contributed by atoms with Crippen molar-refractivity contribution in [2.24, 2.45) is 0 Å². The number of benzene rings is 10. The Hall–Kier alpha value is -7.68. The molecule has 0 spiro atoms. The standard InChI is InChI=1S/C56H30N2/c1-3-15-36-34(10-1)28-57-30-49(36)54-42-24-22-37-38(46(42)27-48-40-17-6-12-32-14-8-19-44(52(32)40)56(48)54)21-23-41-45(37)26-47-39-16-5-11-31-13-7-18-43(51(31)39)55(47)53(41)35-25-33-9-2-4-20-50(33)58-29-35/h1-30H. The lowest BCUT2D eigenvalue weighted by molar-refractivity contribution is 1.36. The first-order chi connectivity index (χ1) is 28.8. The van der Waals surface area contributed by atoms with Crippen molar-refractivity contribution in [1.82, 2.24) is 9.97 Å². The fourth-order valence-electron chi connectivity index (χ4n) is 10.8. The van der Waals surface area contributed by atoms with Crippen LogP contribution in [-0.4, -0.2) is 9.97 Å². The summed E-state index contributed by atoms with van der Waals surface area (Å²) in [6.07, 6.45) is 6.15. The third-order valence-corrected chi connectivity index (χ3v) is 13.2. The van der Waals surface area contributed by atoms with Gasteiger partial charge in [-0.15, -0.1) is 0 Å². The average Bonchev–Trinajstić information content (AvgIpc) is 3.78. The largest absolute Gasteiger partial charge is 0.263 e. The van der Waals surface area contributed by atoms with E-state index in [0.29, 0.717) is 0 Å². The second kappa shape index (κ2) is 11.0. The first-order valence-corrected chi connectivity index (χ1v) is 20.0. The molecule has 2 heterocycles. The van der Waals surface area contributed by atoms with Gasteiger partial charge in [-0.3, -0.25) is 9.97 Å². The Morgan fingerprint density at radius 1 is 0.276 bits per heavy atom. The minimum atomic E-state index is 1.01. The van der Waals surface area contributed by atoms with Crippen LogP contribution in [0.2, 0.25) is 0 Å². The van der Waals surface area contributed by atoms with E-state index in [1.54, 1.807) is 0 Å². The van der Waals surface area contributed by atoms with E-state index >= 15 is 0 Å². The summed E-state index contributed by atoms with van der Waals surface area (Å²) in [6.45, 7) is 0. The summed E-state index contributed by atoms with van der Waals surface area (Å²) in [7, 11) is 0. The van der Waals surface area contributed by atoms with Crippen molar-refractivity contribution in [3.8, 4) is 66.8 Å². The highest BCUT2D eigenvalue weighted by atomic mass is 14.7. The van der Waals surface area contributed by atoms with E-state index in [2.05, 4.69) is 176 Å². The summed E-state index contributed by atoms with van der Waals surface area (Å²) >= 11 is 0. The van der Waals surface area contributed by atoms with Crippen LogP contribution in [0.15, 0.2) is 182 Å². The highest BCUT2D eigenvalue weighted by molar-refractivity contribution is 6.31. The molecule has 0 radical (unpaired) electrons. The zero-order valence-corrected chi connectivity index (χ0v) is 31.2. The van der Waals surface area contributed by atoms with Crippen LogP contribution < -0.4 is 0 Å². The highest BCUT2D eigenvalue weighted by Gasteiger charge is 2.30. The van der Waals surface area contributed by atoms with E-state index in [-0.39, 0.29) is 0 Å². The minimum Gasteiger partial charge on any atom is -0.263 e. The van der Waals surface area contributed by atoms with Gasteiger partial charge in [0, 0.05) is 46.1 Å². The quantitative estimate of drug-likeness (QED) is 0.166. The Balaban J connectivity index is 1.14. The number of hydrogen-bond donors (Lipinski definition) is 0. The zero-order valence-electron chi connectivity index (χ0n) is 31.2. The Morgan fingerprint density at radius 3 is 1.48 bits per heavy atom. The maximum absolute atomic E-state index is 5.01. The van der Waals surface area contributed by atoms with Gasteiger partial charge in [-0.25, -0.2) is 0 Å². The molecule has 58 heavy (non-hydrogen) atoms. The van der Waals surface area contributed by atoms with Crippen LogP contribution in [-0.2, 0) is 0 Å². The normalized spacial score (nSPS) is 12.5. The monoisotopic (exact) mass is 730 g/mol. The van der Waals surface area contributed by atoms with Gasteiger partial charge in [-0.2, -0.15) is 0 Å². The smallest absolute Gasteiger partial charge is 0.0702 e.